The molecule has 0 amide bonds. The van der Waals surface area contributed by atoms with Gasteiger partial charge in [-0.05, 0) is 0 Å². The molecule has 0 aliphatic heterocycles. The summed E-state index contributed by atoms with van der Waals surface area (Å²) in [4.78, 5) is 31.0. The smallest absolute Gasteiger partial charge is 0.329 e. The Labute approximate surface area is 74.2 Å². The Bertz CT molecular complexity index is 185. The van der Waals surface area contributed by atoms with Gasteiger partial charge >= 0.3 is 15.6 Å². The van der Waals surface area contributed by atoms with Crippen molar-refractivity contribution in [1.82, 2.24) is 0 Å². The number of hydrogen-bond acceptors (Lipinski definition) is 5. The minimum atomic E-state index is -5.05. The average molecular weight is 238 g/mol. The number of phosphoric acid groups is 2. The summed E-state index contributed by atoms with van der Waals surface area (Å²) in [6, 6.07) is 0. The molecule has 0 aromatic carbocycles. The molecule has 82 valence electrons. The van der Waals surface area contributed by atoms with Crippen molar-refractivity contribution in [1.29, 1.82) is 0 Å². The number of rotatable bonds is 3. The summed E-state index contributed by atoms with van der Waals surface area (Å²) in [5.41, 5.74) is 9.81. The van der Waals surface area contributed by atoms with E-state index in [1.165, 1.54) is 0 Å². The van der Waals surface area contributed by atoms with Crippen LogP contribution < -0.4 is 11.5 Å². The Hall–Kier alpha value is 0.180. The van der Waals surface area contributed by atoms with E-state index in [9.17, 15) is 9.13 Å². The molecule has 0 rings (SSSR count). The molecule has 13 heavy (non-hydrogen) atoms. The molecule has 0 aliphatic carbocycles. The van der Waals surface area contributed by atoms with Crippen LogP contribution in [0.25, 0.3) is 0 Å². The topological polar surface area (TPSA) is 176 Å². The van der Waals surface area contributed by atoms with E-state index in [0.717, 1.165) is 0 Å². The highest BCUT2D eigenvalue weighted by Crippen LogP contribution is 2.53. The van der Waals surface area contributed by atoms with Crippen LogP contribution in [0, 0.1) is 0 Å². The first-order valence-corrected chi connectivity index (χ1v) is 5.91. The van der Waals surface area contributed by atoms with Crippen molar-refractivity contribution < 1.29 is 33.0 Å². The fourth-order valence-electron chi connectivity index (χ4n) is 0.139. The molecule has 0 heterocycles. The Morgan fingerprint density at radius 1 is 0.923 bits per heavy atom. The highest BCUT2D eigenvalue weighted by atomic mass is 31.3. The molecular formula is C2H12N2O7P2. The Morgan fingerprint density at radius 2 is 1.15 bits per heavy atom. The van der Waals surface area contributed by atoms with Crippen molar-refractivity contribution >= 4 is 15.6 Å². The lowest BCUT2D eigenvalue weighted by Gasteiger charge is -2.03. The zero-order valence-electron chi connectivity index (χ0n) is 6.48. The lowest BCUT2D eigenvalue weighted by atomic mass is 10.7. The highest BCUT2D eigenvalue weighted by molar-refractivity contribution is 7.60. The van der Waals surface area contributed by atoms with E-state index < -0.39 is 15.6 Å². The predicted molar refractivity (Wildman–Crippen MR) is 43.3 cm³/mol. The van der Waals surface area contributed by atoms with Crippen LogP contribution in [-0.4, -0.2) is 32.7 Å². The lowest BCUT2D eigenvalue weighted by Crippen LogP contribution is -2.11. The van der Waals surface area contributed by atoms with Gasteiger partial charge in [0.2, 0.25) is 0 Å². The third-order valence-corrected chi connectivity index (χ3v) is 2.08. The molecule has 0 radical (unpaired) electrons. The molecule has 0 aliphatic rings. The highest BCUT2D eigenvalue weighted by Gasteiger charge is 2.27. The molecule has 11 heteroatoms. The summed E-state index contributed by atoms with van der Waals surface area (Å²) in [7, 11) is -10.1. The van der Waals surface area contributed by atoms with Gasteiger partial charge in [-0.1, -0.05) is 0 Å². The maximum atomic E-state index is 9.63. The van der Waals surface area contributed by atoms with Crippen LogP contribution in [0.3, 0.4) is 0 Å². The summed E-state index contributed by atoms with van der Waals surface area (Å²) in [5.74, 6) is 0. The quantitative estimate of drug-likeness (QED) is 0.306. The summed E-state index contributed by atoms with van der Waals surface area (Å²) >= 11 is 0. The normalized spacial score (nSPS) is 11.8. The van der Waals surface area contributed by atoms with E-state index in [1.807, 2.05) is 0 Å². The molecule has 9 nitrogen and oxygen atoms in total. The second-order valence-electron chi connectivity index (χ2n) is 1.64. The zero-order chi connectivity index (χ0) is 11.1. The van der Waals surface area contributed by atoms with Gasteiger partial charge in [-0.3, -0.25) is 0 Å². The third kappa shape index (κ3) is 24.5. The Morgan fingerprint density at radius 3 is 1.15 bits per heavy atom. The molecule has 0 saturated carbocycles. The van der Waals surface area contributed by atoms with Crippen LogP contribution in [0.4, 0.5) is 0 Å². The minimum Gasteiger partial charge on any atom is -0.329 e. The van der Waals surface area contributed by atoms with Crippen LogP contribution in [0.5, 0.6) is 0 Å². The van der Waals surface area contributed by atoms with Crippen LogP contribution >= 0.6 is 15.6 Å². The van der Waals surface area contributed by atoms with Gasteiger partial charge < -0.3 is 31.0 Å². The first kappa shape index (κ1) is 15.6. The maximum absolute atomic E-state index is 9.63. The van der Waals surface area contributed by atoms with Crippen molar-refractivity contribution in [3.63, 3.8) is 0 Å². The second-order valence-corrected chi connectivity index (χ2v) is 4.26. The fourth-order valence-corrected chi connectivity index (χ4v) is 1.25. The van der Waals surface area contributed by atoms with Crippen LogP contribution in [-0.2, 0) is 13.4 Å². The predicted octanol–water partition coefficient (Wildman–Crippen LogP) is -1.91. The molecule has 0 unspecified atom stereocenters. The minimum absolute atomic E-state index is 0.597. The van der Waals surface area contributed by atoms with Gasteiger partial charge in [-0.2, -0.15) is 4.31 Å². The molecule has 0 atom stereocenters. The van der Waals surface area contributed by atoms with Crippen molar-refractivity contribution in [2.24, 2.45) is 11.5 Å². The van der Waals surface area contributed by atoms with Gasteiger partial charge in [0.05, 0.1) is 0 Å². The van der Waals surface area contributed by atoms with E-state index in [4.69, 9.17) is 31.0 Å². The molecule has 0 aromatic rings. The first-order chi connectivity index (χ1) is 5.62. The van der Waals surface area contributed by atoms with E-state index >= 15 is 0 Å². The van der Waals surface area contributed by atoms with Crippen molar-refractivity contribution in [3.05, 3.63) is 0 Å². The zero-order valence-corrected chi connectivity index (χ0v) is 8.27. The summed E-state index contributed by atoms with van der Waals surface area (Å²) in [6.07, 6.45) is 0. The van der Waals surface area contributed by atoms with Crippen molar-refractivity contribution in [2.45, 2.75) is 0 Å². The maximum Gasteiger partial charge on any atom is 0.478 e. The molecule has 0 saturated heterocycles. The van der Waals surface area contributed by atoms with Crippen LogP contribution in [0.15, 0.2) is 0 Å². The van der Waals surface area contributed by atoms with Gasteiger partial charge in [0.25, 0.3) is 0 Å². The second kappa shape index (κ2) is 6.61. The standard InChI is InChI=1S/C2H8N2.H4O7P2/c3-1-2-4;1-8(2,3)7-9(4,5)6/h1-4H2;(H2,1,2,3)(H2,4,5,6). The third-order valence-electron chi connectivity index (χ3n) is 0.379. The van der Waals surface area contributed by atoms with Crippen molar-refractivity contribution in [2.75, 3.05) is 13.1 Å². The van der Waals surface area contributed by atoms with Crippen molar-refractivity contribution in [3.8, 4) is 0 Å². The molecule has 8 N–H and O–H groups in total. The van der Waals surface area contributed by atoms with Gasteiger partial charge in [-0.15, -0.1) is 0 Å². The number of hydrogen-bond donors (Lipinski definition) is 6. The van der Waals surface area contributed by atoms with Gasteiger partial charge in [0.15, 0.2) is 0 Å². The van der Waals surface area contributed by atoms with E-state index in [0.29, 0.717) is 13.1 Å². The average Bonchev–Trinajstić information content (AvgIpc) is 1.80. The monoisotopic (exact) mass is 238 g/mol. The number of nitrogens with two attached hydrogens (primary N) is 2. The Kier molecular flexibility index (Phi) is 7.95. The SMILES string of the molecule is NCCN.O=P(O)(O)OP(=O)(O)O. The molecule has 0 spiro atoms. The largest absolute Gasteiger partial charge is 0.478 e. The lowest BCUT2D eigenvalue weighted by molar-refractivity contribution is 0.225. The summed E-state index contributed by atoms with van der Waals surface area (Å²) in [5, 5.41) is 0. The fraction of sp³-hybridized carbons (Fsp3) is 1.00. The molecule has 0 aromatic heterocycles. The molecular weight excluding hydrogens is 226 g/mol. The van der Waals surface area contributed by atoms with E-state index in [2.05, 4.69) is 4.31 Å². The van der Waals surface area contributed by atoms with Crippen LogP contribution in [0.2, 0.25) is 0 Å². The molecule has 0 fully saturated rings. The van der Waals surface area contributed by atoms with E-state index in [1.54, 1.807) is 0 Å². The van der Waals surface area contributed by atoms with Crippen LogP contribution in [0.1, 0.15) is 0 Å². The van der Waals surface area contributed by atoms with Gasteiger partial charge in [0, 0.05) is 13.1 Å². The molecule has 0 bridgehead atoms. The Balaban J connectivity index is 0. The summed E-state index contributed by atoms with van der Waals surface area (Å²) in [6.45, 7) is 1.19. The van der Waals surface area contributed by atoms with Gasteiger partial charge in [-0.25, -0.2) is 9.13 Å². The van der Waals surface area contributed by atoms with E-state index in [-0.39, 0.29) is 0 Å². The summed E-state index contributed by atoms with van der Waals surface area (Å²) < 4.78 is 22.2. The van der Waals surface area contributed by atoms with Gasteiger partial charge in [0.1, 0.15) is 0 Å². The first-order valence-electron chi connectivity index (χ1n) is 2.85.